The normalized spacial score (nSPS) is 16.4. The highest BCUT2D eigenvalue weighted by atomic mass is 32.5. The molecule has 0 aliphatic rings. The fraction of sp³-hybridized carbons (Fsp3) is 0.222. The van der Waals surface area contributed by atoms with E-state index < -0.39 is 21.8 Å². The predicted octanol–water partition coefficient (Wildman–Crippen LogP) is 4.48. The number of hydrogen-bond donors (Lipinski definition) is 0. The fourth-order valence-corrected chi connectivity index (χ4v) is 1.81. The number of hydrogen-bond acceptors (Lipinski definition) is 1. The van der Waals surface area contributed by atoms with E-state index in [1.807, 2.05) is 0 Å². The van der Waals surface area contributed by atoms with Crippen LogP contribution in [0.25, 0.3) is 0 Å². The van der Waals surface area contributed by atoms with Crippen molar-refractivity contribution >= 4 is 16.0 Å². The molecule has 0 spiro atoms. The Bertz CT molecular complexity index is 436. The van der Waals surface area contributed by atoms with Crippen molar-refractivity contribution in [2.24, 2.45) is 0 Å². The number of carbonyl (C=O) groups is 1. The van der Waals surface area contributed by atoms with E-state index in [-0.39, 0.29) is 5.56 Å². The summed E-state index contributed by atoms with van der Waals surface area (Å²) in [5.74, 6) is -4.29. The third-order valence-corrected chi connectivity index (χ3v) is 2.55. The second-order valence-electron chi connectivity index (χ2n) is 3.57. The van der Waals surface area contributed by atoms with Crippen LogP contribution in [0.4, 0.5) is 19.4 Å². The second kappa shape index (κ2) is 2.97. The molecule has 1 rings (SSSR count). The molecule has 0 amide bonds. The molecular formula is C9H9F5OS. The number of carbonyl (C=O) groups excluding carboxylic acids is 1. The number of rotatable bonds is 3. The van der Waals surface area contributed by atoms with Gasteiger partial charge in [-0.3, -0.25) is 4.79 Å². The van der Waals surface area contributed by atoms with Crippen LogP contribution in [0.1, 0.15) is 15.9 Å². The average Bonchev–Trinajstić information content (AvgIpc) is 1.98. The Hall–Kier alpha value is -1.11. The van der Waals surface area contributed by atoms with Gasteiger partial charge in [0.15, 0.2) is 11.5 Å². The van der Waals surface area contributed by atoms with Gasteiger partial charge in [-0.15, -0.1) is 0 Å². The van der Waals surface area contributed by atoms with E-state index in [1.165, 1.54) is 6.07 Å². The molecule has 0 aliphatic heterocycles. The van der Waals surface area contributed by atoms with Crippen molar-refractivity contribution < 1.29 is 24.2 Å². The largest absolute Gasteiger partial charge is 0.293 e. The highest BCUT2D eigenvalue weighted by Crippen LogP contribution is 2.97. The maximum Gasteiger partial charge on any atom is 0.292 e. The van der Waals surface area contributed by atoms with Crippen LogP contribution in [0.5, 0.6) is 0 Å². The lowest BCUT2D eigenvalue weighted by atomic mass is 10.1. The average molecular weight is 260 g/mol. The molecule has 0 N–H and O–H groups in total. The van der Waals surface area contributed by atoms with Gasteiger partial charge in [0, 0.05) is 5.56 Å². The number of ketones is 1. The van der Waals surface area contributed by atoms with E-state index in [4.69, 9.17) is 0 Å². The molecule has 7 heteroatoms. The standard InChI is InChI=1S/C9H9F5OS/c1-7-3-2-4-8(5-7)9(15)6-16(10,11,12,13)14/h2-5H,6H2,1H3. The summed E-state index contributed by atoms with van der Waals surface area (Å²) < 4.78 is 60.2. The first kappa shape index (κ1) is 13.0. The minimum Gasteiger partial charge on any atom is -0.293 e. The topological polar surface area (TPSA) is 17.1 Å². The lowest BCUT2D eigenvalue weighted by Gasteiger charge is -2.39. The minimum atomic E-state index is -9.67. The van der Waals surface area contributed by atoms with E-state index in [0.717, 1.165) is 12.1 Å². The number of Topliss-reactive ketones (excluding diaryl/α,β-unsaturated/α-hetero) is 1. The third kappa shape index (κ3) is 4.61. The van der Waals surface area contributed by atoms with Crippen molar-refractivity contribution in [3.63, 3.8) is 0 Å². The van der Waals surface area contributed by atoms with Crippen LogP contribution in [-0.2, 0) is 0 Å². The third-order valence-electron chi connectivity index (χ3n) is 1.74. The lowest BCUT2D eigenvalue weighted by Crippen LogP contribution is -2.19. The molecule has 0 atom stereocenters. The zero-order chi connectivity index (χ0) is 12.7. The van der Waals surface area contributed by atoms with Gasteiger partial charge in [0.05, 0.1) is 0 Å². The minimum absolute atomic E-state index is 0.353. The quantitative estimate of drug-likeness (QED) is 0.578. The first-order chi connectivity index (χ1) is 6.86. The Morgan fingerprint density at radius 1 is 1.19 bits per heavy atom. The summed E-state index contributed by atoms with van der Waals surface area (Å²) in [5, 5.41) is 0. The smallest absolute Gasteiger partial charge is 0.292 e. The molecule has 0 radical (unpaired) electrons. The fourth-order valence-electron chi connectivity index (χ4n) is 1.15. The summed E-state index contributed by atoms with van der Waals surface area (Å²) in [5.41, 5.74) is 0.182. The number of halogens is 5. The zero-order valence-electron chi connectivity index (χ0n) is 8.22. The monoisotopic (exact) mass is 260 g/mol. The molecular weight excluding hydrogens is 251 g/mol. The van der Waals surface area contributed by atoms with Crippen LogP contribution in [0.15, 0.2) is 24.3 Å². The van der Waals surface area contributed by atoms with Gasteiger partial charge in [0.2, 0.25) is 0 Å². The van der Waals surface area contributed by atoms with Gasteiger partial charge in [0.25, 0.3) is 10.2 Å². The van der Waals surface area contributed by atoms with Gasteiger partial charge in [0.1, 0.15) is 0 Å². The molecule has 0 aromatic heterocycles. The van der Waals surface area contributed by atoms with Crippen LogP contribution in [-0.4, -0.2) is 11.5 Å². The molecule has 1 aromatic carbocycles. The summed E-state index contributed by atoms with van der Waals surface area (Å²) in [4.78, 5) is 11.1. The van der Waals surface area contributed by atoms with Gasteiger partial charge < -0.3 is 0 Å². The van der Waals surface area contributed by atoms with E-state index in [1.54, 1.807) is 13.0 Å². The van der Waals surface area contributed by atoms with E-state index >= 15 is 0 Å². The van der Waals surface area contributed by atoms with Gasteiger partial charge in [-0.05, 0) is 13.0 Å². The lowest BCUT2D eigenvalue weighted by molar-refractivity contribution is 0.101. The maximum absolute atomic E-state index is 12.0. The van der Waals surface area contributed by atoms with Gasteiger partial charge >= 0.3 is 0 Å². The second-order valence-corrected chi connectivity index (χ2v) is 6.11. The molecule has 0 saturated heterocycles. The van der Waals surface area contributed by atoms with Crippen LogP contribution >= 0.6 is 10.2 Å². The highest BCUT2D eigenvalue weighted by molar-refractivity contribution is 8.46. The SMILES string of the molecule is Cc1cccc(C(=O)CS(F)(F)(F)(F)F)c1. The molecule has 1 nitrogen and oxygen atoms in total. The van der Waals surface area contributed by atoms with Gasteiger partial charge in [-0.2, -0.15) is 0 Å². The van der Waals surface area contributed by atoms with Crippen LogP contribution in [0.2, 0.25) is 0 Å². The van der Waals surface area contributed by atoms with Gasteiger partial charge in [-0.25, -0.2) is 0 Å². The molecule has 0 aliphatic carbocycles. The van der Waals surface area contributed by atoms with Crippen molar-refractivity contribution in [2.45, 2.75) is 6.92 Å². The summed E-state index contributed by atoms with van der Waals surface area (Å²) in [7, 11) is -9.67. The number of benzene rings is 1. The summed E-state index contributed by atoms with van der Waals surface area (Å²) >= 11 is 0. The highest BCUT2D eigenvalue weighted by Gasteiger charge is 2.64. The first-order valence-electron chi connectivity index (χ1n) is 4.19. The van der Waals surface area contributed by atoms with E-state index in [9.17, 15) is 24.2 Å². The summed E-state index contributed by atoms with van der Waals surface area (Å²) in [6, 6.07) is 5.12. The van der Waals surface area contributed by atoms with Crippen molar-refractivity contribution in [1.29, 1.82) is 0 Å². The predicted molar refractivity (Wildman–Crippen MR) is 53.5 cm³/mol. The molecule has 92 valence electrons. The van der Waals surface area contributed by atoms with E-state index in [2.05, 4.69) is 0 Å². The Balaban J connectivity index is 2.99. The molecule has 0 bridgehead atoms. The van der Waals surface area contributed by atoms with E-state index in [0.29, 0.717) is 5.56 Å². The van der Waals surface area contributed by atoms with Crippen molar-refractivity contribution in [3.8, 4) is 0 Å². The Labute approximate surface area is 89.0 Å². The Kier molecular flexibility index (Phi) is 2.40. The van der Waals surface area contributed by atoms with Crippen molar-refractivity contribution in [1.82, 2.24) is 0 Å². The van der Waals surface area contributed by atoms with Crippen molar-refractivity contribution in [3.05, 3.63) is 35.4 Å². The summed E-state index contributed by atoms with van der Waals surface area (Å²) in [6.07, 6.45) is 0. The molecule has 1 aromatic rings. The molecule has 16 heavy (non-hydrogen) atoms. The molecule has 0 fully saturated rings. The molecule has 0 saturated carbocycles. The van der Waals surface area contributed by atoms with Crippen LogP contribution < -0.4 is 0 Å². The molecule has 0 heterocycles. The van der Waals surface area contributed by atoms with Crippen LogP contribution in [0, 0.1) is 6.92 Å². The van der Waals surface area contributed by atoms with Gasteiger partial charge in [-0.1, -0.05) is 43.2 Å². The van der Waals surface area contributed by atoms with Crippen molar-refractivity contribution in [2.75, 3.05) is 5.75 Å². The zero-order valence-corrected chi connectivity index (χ0v) is 9.04. The molecule has 0 unspecified atom stereocenters. The van der Waals surface area contributed by atoms with Crippen LogP contribution in [0.3, 0.4) is 0 Å². The Morgan fingerprint density at radius 2 is 1.75 bits per heavy atom. The maximum atomic E-state index is 12.0. The number of aryl methyl sites for hydroxylation is 1. The summed E-state index contributed by atoms with van der Waals surface area (Å²) in [6.45, 7) is 1.55. The first-order valence-corrected chi connectivity index (χ1v) is 6.31. The Morgan fingerprint density at radius 3 is 2.19 bits per heavy atom.